The summed E-state index contributed by atoms with van der Waals surface area (Å²) < 4.78 is 5.51. The maximum absolute atomic E-state index is 5.59. The van der Waals surface area contributed by atoms with Gasteiger partial charge in [-0.1, -0.05) is 13.8 Å². The van der Waals surface area contributed by atoms with Crippen LogP contribution in [0.25, 0.3) is 0 Å². The van der Waals surface area contributed by atoms with Crippen LogP contribution in [0, 0.1) is 5.92 Å². The molecule has 0 bridgehead atoms. The van der Waals surface area contributed by atoms with Gasteiger partial charge in [-0.25, -0.2) is 0 Å². The maximum Gasteiger partial charge on any atom is 0.0593 e. The number of ether oxygens (including phenoxy) is 1. The quantitative estimate of drug-likeness (QED) is 0.620. The van der Waals surface area contributed by atoms with Gasteiger partial charge in [0.15, 0.2) is 0 Å². The summed E-state index contributed by atoms with van der Waals surface area (Å²) in [6.07, 6.45) is 1.26. The standard InChI is InChI=1S/C10H22N2O/c1-9(2)8-13-6-5-12-4-3-10(12)7-11/h9-10H,3-8,11H2,1-2H3. The summed E-state index contributed by atoms with van der Waals surface area (Å²) in [4.78, 5) is 2.40. The Bertz CT molecular complexity index is 137. The third kappa shape index (κ3) is 3.63. The van der Waals surface area contributed by atoms with Crippen molar-refractivity contribution in [3.8, 4) is 0 Å². The van der Waals surface area contributed by atoms with E-state index in [1.807, 2.05) is 0 Å². The van der Waals surface area contributed by atoms with Crippen LogP contribution in [-0.2, 0) is 4.74 Å². The SMILES string of the molecule is CC(C)COCCN1CCC1CN. The molecule has 0 aliphatic carbocycles. The molecule has 0 amide bonds. The lowest BCUT2D eigenvalue weighted by Crippen LogP contribution is -2.52. The molecule has 13 heavy (non-hydrogen) atoms. The number of rotatable bonds is 6. The van der Waals surface area contributed by atoms with Gasteiger partial charge in [-0.15, -0.1) is 0 Å². The number of hydrogen-bond donors (Lipinski definition) is 1. The molecule has 2 N–H and O–H groups in total. The molecule has 1 fully saturated rings. The number of hydrogen-bond acceptors (Lipinski definition) is 3. The molecule has 1 unspecified atom stereocenters. The van der Waals surface area contributed by atoms with Crippen LogP contribution >= 0.6 is 0 Å². The van der Waals surface area contributed by atoms with E-state index in [9.17, 15) is 0 Å². The van der Waals surface area contributed by atoms with Crippen LogP contribution in [0.4, 0.5) is 0 Å². The first-order chi connectivity index (χ1) is 6.24. The predicted octanol–water partition coefficient (Wildman–Crippen LogP) is 0.692. The molecule has 3 nitrogen and oxygen atoms in total. The Morgan fingerprint density at radius 1 is 1.54 bits per heavy atom. The normalized spacial score (nSPS) is 23.5. The minimum atomic E-state index is 0.627. The van der Waals surface area contributed by atoms with Crippen molar-refractivity contribution in [2.75, 3.05) is 32.8 Å². The van der Waals surface area contributed by atoms with Gasteiger partial charge in [-0.05, 0) is 12.3 Å². The van der Waals surface area contributed by atoms with E-state index in [1.165, 1.54) is 13.0 Å². The molecule has 1 aliphatic heterocycles. The Balaban J connectivity index is 1.94. The van der Waals surface area contributed by atoms with Crippen molar-refractivity contribution in [1.82, 2.24) is 4.90 Å². The monoisotopic (exact) mass is 186 g/mol. The van der Waals surface area contributed by atoms with Gasteiger partial charge in [0, 0.05) is 32.3 Å². The topological polar surface area (TPSA) is 38.5 Å². The van der Waals surface area contributed by atoms with Gasteiger partial charge in [0.1, 0.15) is 0 Å². The Hall–Kier alpha value is -0.120. The Morgan fingerprint density at radius 2 is 2.31 bits per heavy atom. The third-order valence-corrected chi connectivity index (χ3v) is 2.51. The highest BCUT2D eigenvalue weighted by Crippen LogP contribution is 2.14. The molecule has 1 heterocycles. The smallest absolute Gasteiger partial charge is 0.0593 e. The largest absolute Gasteiger partial charge is 0.380 e. The summed E-state index contributed by atoms with van der Waals surface area (Å²) in [5, 5.41) is 0. The lowest BCUT2D eigenvalue weighted by Gasteiger charge is -2.40. The highest BCUT2D eigenvalue weighted by atomic mass is 16.5. The van der Waals surface area contributed by atoms with Crippen molar-refractivity contribution >= 4 is 0 Å². The van der Waals surface area contributed by atoms with Crippen LogP contribution in [0.1, 0.15) is 20.3 Å². The molecule has 1 aliphatic rings. The molecule has 1 atom stereocenters. The number of nitrogens with zero attached hydrogens (tertiary/aromatic N) is 1. The van der Waals surface area contributed by atoms with E-state index in [2.05, 4.69) is 18.7 Å². The van der Waals surface area contributed by atoms with Crippen molar-refractivity contribution in [3.05, 3.63) is 0 Å². The predicted molar refractivity (Wildman–Crippen MR) is 54.7 cm³/mol. The number of nitrogens with two attached hydrogens (primary N) is 1. The van der Waals surface area contributed by atoms with Crippen molar-refractivity contribution in [3.63, 3.8) is 0 Å². The molecular weight excluding hydrogens is 164 g/mol. The maximum atomic E-state index is 5.59. The van der Waals surface area contributed by atoms with Crippen molar-refractivity contribution in [1.29, 1.82) is 0 Å². The minimum Gasteiger partial charge on any atom is -0.380 e. The molecular formula is C10H22N2O. The van der Waals surface area contributed by atoms with Crippen LogP contribution in [0.3, 0.4) is 0 Å². The lowest BCUT2D eigenvalue weighted by molar-refractivity contribution is 0.0364. The van der Waals surface area contributed by atoms with Crippen molar-refractivity contribution in [2.45, 2.75) is 26.3 Å². The first kappa shape index (κ1) is 11.0. The third-order valence-electron chi connectivity index (χ3n) is 2.51. The molecule has 1 saturated heterocycles. The zero-order chi connectivity index (χ0) is 9.68. The van der Waals surface area contributed by atoms with E-state index in [4.69, 9.17) is 10.5 Å². The zero-order valence-electron chi connectivity index (χ0n) is 8.83. The summed E-state index contributed by atoms with van der Waals surface area (Å²) in [5.74, 6) is 0.640. The molecule has 3 heteroatoms. The van der Waals surface area contributed by atoms with Crippen LogP contribution in [-0.4, -0.2) is 43.8 Å². The van der Waals surface area contributed by atoms with E-state index in [-0.39, 0.29) is 0 Å². The summed E-state index contributed by atoms with van der Waals surface area (Å²) in [6, 6.07) is 0.627. The average molecular weight is 186 g/mol. The fourth-order valence-electron chi connectivity index (χ4n) is 1.56. The van der Waals surface area contributed by atoms with E-state index in [0.717, 1.165) is 26.3 Å². The van der Waals surface area contributed by atoms with Gasteiger partial charge in [-0.2, -0.15) is 0 Å². The zero-order valence-corrected chi connectivity index (χ0v) is 8.83. The van der Waals surface area contributed by atoms with Gasteiger partial charge >= 0.3 is 0 Å². The molecule has 1 rings (SSSR count). The molecule has 78 valence electrons. The lowest BCUT2D eigenvalue weighted by atomic mass is 10.0. The summed E-state index contributed by atoms with van der Waals surface area (Å²) >= 11 is 0. The molecule has 0 saturated carbocycles. The first-order valence-electron chi connectivity index (χ1n) is 5.26. The van der Waals surface area contributed by atoms with E-state index < -0.39 is 0 Å². The molecule has 0 radical (unpaired) electrons. The Labute approximate surface area is 81.2 Å². The molecule has 0 aromatic rings. The summed E-state index contributed by atoms with van der Waals surface area (Å²) in [7, 11) is 0. The van der Waals surface area contributed by atoms with E-state index in [0.29, 0.717) is 12.0 Å². The van der Waals surface area contributed by atoms with Gasteiger partial charge in [0.25, 0.3) is 0 Å². The van der Waals surface area contributed by atoms with Gasteiger partial charge in [0.2, 0.25) is 0 Å². The van der Waals surface area contributed by atoms with Crippen molar-refractivity contribution in [2.24, 2.45) is 11.7 Å². The van der Waals surface area contributed by atoms with Crippen LogP contribution < -0.4 is 5.73 Å². The summed E-state index contributed by atoms with van der Waals surface area (Å²) in [6.45, 7) is 9.13. The molecule has 0 aromatic carbocycles. The highest BCUT2D eigenvalue weighted by molar-refractivity contribution is 4.82. The minimum absolute atomic E-state index is 0.627. The fraction of sp³-hybridized carbons (Fsp3) is 1.00. The first-order valence-corrected chi connectivity index (χ1v) is 5.26. The average Bonchev–Trinajstić information content (AvgIpc) is 2.02. The van der Waals surface area contributed by atoms with Gasteiger partial charge in [-0.3, -0.25) is 4.90 Å². The van der Waals surface area contributed by atoms with Gasteiger partial charge < -0.3 is 10.5 Å². The van der Waals surface area contributed by atoms with E-state index >= 15 is 0 Å². The fourth-order valence-corrected chi connectivity index (χ4v) is 1.56. The summed E-state index contributed by atoms with van der Waals surface area (Å²) in [5.41, 5.74) is 5.59. The second-order valence-corrected chi connectivity index (χ2v) is 4.18. The highest BCUT2D eigenvalue weighted by Gasteiger charge is 2.25. The molecule has 0 spiro atoms. The Morgan fingerprint density at radius 3 is 2.77 bits per heavy atom. The second-order valence-electron chi connectivity index (χ2n) is 4.18. The second kappa shape index (κ2) is 5.58. The van der Waals surface area contributed by atoms with E-state index in [1.54, 1.807) is 0 Å². The van der Waals surface area contributed by atoms with Crippen LogP contribution in [0.5, 0.6) is 0 Å². The van der Waals surface area contributed by atoms with Gasteiger partial charge in [0.05, 0.1) is 6.61 Å². The Kier molecular flexibility index (Phi) is 4.70. The van der Waals surface area contributed by atoms with Crippen molar-refractivity contribution < 1.29 is 4.74 Å². The number of likely N-dealkylation sites (tertiary alicyclic amines) is 1. The van der Waals surface area contributed by atoms with Crippen LogP contribution in [0.15, 0.2) is 0 Å². The molecule has 0 aromatic heterocycles. The van der Waals surface area contributed by atoms with Crippen LogP contribution in [0.2, 0.25) is 0 Å².